The van der Waals surface area contributed by atoms with E-state index in [0.717, 1.165) is 36.8 Å². The molecule has 1 atom stereocenters. The van der Waals surface area contributed by atoms with E-state index in [9.17, 15) is 4.39 Å². The van der Waals surface area contributed by atoms with Crippen LogP contribution in [-0.4, -0.2) is 32.4 Å². The number of nitrogens with one attached hydrogen (secondary N) is 2. The Labute approximate surface area is 145 Å². The van der Waals surface area contributed by atoms with Gasteiger partial charge in [0, 0.05) is 50.6 Å². The molecule has 0 saturated heterocycles. The van der Waals surface area contributed by atoms with Crippen molar-refractivity contribution >= 4 is 5.82 Å². The van der Waals surface area contributed by atoms with Crippen molar-refractivity contribution in [1.29, 1.82) is 0 Å². The van der Waals surface area contributed by atoms with Crippen molar-refractivity contribution in [2.75, 3.05) is 18.4 Å². The van der Waals surface area contributed by atoms with Crippen LogP contribution in [0.25, 0.3) is 5.69 Å². The smallest absolute Gasteiger partial charge is 0.147 e. The molecule has 0 spiro atoms. The molecule has 0 saturated carbocycles. The van der Waals surface area contributed by atoms with Gasteiger partial charge in [0.05, 0.1) is 11.9 Å². The molecule has 7 heteroatoms. The Balaban J connectivity index is 1.35. The highest BCUT2D eigenvalue weighted by Crippen LogP contribution is 2.18. The summed E-state index contributed by atoms with van der Waals surface area (Å²) in [6, 6.07) is 7.33. The van der Waals surface area contributed by atoms with Gasteiger partial charge in [0.1, 0.15) is 17.5 Å². The summed E-state index contributed by atoms with van der Waals surface area (Å²) in [6.45, 7) is 5.18. The molecule has 0 aliphatic carbocycles. The van der Waals surface area contributed by atoms with Gasteiger partial charge in [-0.2, -0.15) is 5.10 Å². The summed E-state index contributed by atoms with van der Waals surface area (Å²) in [6.07, 6.45) is 5.25. The maximum atomic E-state index is 14.4. The Bertz CT molecular complexity index is 868. The monoisotopic (exact) mass is 340 g/mol. The van der Waals surface area contributed by atoms with Gasteiger partial charge in [-0.05, 0) is 24.6 Å². The van der Waals surface area contributed by atoms with Crippen molar-refractivity contribution in [2.45, 2.75) is 20.0 Å². The zero-order chi connectivity index (χ0) is 17.2. The fourth-order valence-electron chi connectivity index (χ4n) is 3.23. The van der Waals surface area contributed by atoms with E-state index in [1.807, 2.05) is 29.9 Å². The minimum Gasteiger partial charge on any atom is -0.370 e. The third-order valence-corrected chi connectivity index (χ3v) is 4.58. The number of benzene rings is 1. The van der Waals surface area contributed by atoms with E-state index in [1.165, 1.54) is 0 Å². The Kier molecular flexibility index (Phi) is 4.23. The largest absolute Gasteiger partial charge is 0.370 e. The standard InChI is InChI=1S/C18H21FN6/c1-13-21-6-7-24(13)17-3-2-14(8-16(17)19)9-20-10-15-11-22-18-4-5-23-25(18)12-15/h2-8,15,20,22H,9-12H2,1H3. The average molecular weight is 340 g/mol. The molecule has 0 bridgehead atoms. The van der Waals surface area contributed by atoms with Crippen molar-refractivity contribution < 1.29 is 4.39 Å². The first kappa shape index (κ1) is 15.8. The SMILES string of the molecule is Cc1nccn1-c1ccc(CNCC2CNc3ccnn3C2)cc1F. The lowest BCUT2D eigenvalue weighted by Gasteiger charge is -2.25. The highest BCUT2D eigenvalue weighted by Gasteiger charge is 2.17. The fraction of sp³-hybridized carbons (Fsp3) is 0.333. The maximum Gasteiger partial charge on any atom is 0.147 e. The Morgan fingerprint density at radius 2 is 2.24 bits per heavy atom. The molecule has 2 N–H and O–H groups in total. The highest BCUT2D eigenvalue weighted by atomic mass is 19.1. The van der Waals surface area contributed by atoms with Gasteiger partial charge in [0.25, 0.3) is 0 Å². The molecule has 1 aromatic carbocycles. The number of imidazole rings is 1. The Hall–Kier alpha value is -2.67. The number of halogens is 1. The first-order chi connectivity index (χ1) is 12.2. The molecule has 3 heterocycles. The minimum atomic E-state index is -0.235. The quantitative estimate of drug-likeness (QED) is 0.748. The van der Waals surface area contributed by atoms with E-state index in [-0.39, 0.29) is 5.82 Å². The molecule has 0 amide bonds. The van der Waals surface area contributed by atoms with Gasteiger partial charge in [-0.3, -0.25) is 0 Å². The molecular formula is C18H21FN6. The van der Waals surface area contributed by atoms with Gasteiger partial charge in [-0.1, -0.05) is 6.07 Å². The molecular weight excluding hydrogens is 319 g/mol. The zero-order valence-corrected chi connectivity index (χ0v) is 14.1. The van der Waals surface area contributed by atoms with Crippen LogP contribution >= 0.6 is 0 Å². The summed E-state index contributed by atoms with van der Waals surface area (Å²) in [5.41, 5.74) is 1.46. The molecule has 0 fully saturated rings. The van der Waals surface area contributed by atoms with Crippen molar-refractivity contribution in [3.05, 3.63) is 60.1 Å². The summed E-state index contributed by atoms with van der Waals surface area (Å²) >= 11 is 0. The zero-order valence-electron chi connectivity index (χ0n) is 14.1. The van der Waals surface area contributed by atoms with Crippen molar-refractivity contribution in [3.8, 4) is 5.69 Å². The summed E-state index contributed by atoms with van der Waals surface area (Å²) in [5, 5.41) is 11.1. The molecule has 130 valence electrons. The van der Waals surface area contributed by atoms with Crippen LogP contribution in [0.2, 0.25) is 0 Å². The normalized spacial score (nSPS) is 16.5. The number of fused-ring (bicyclic) bond motifs is 1. The van der Waals surface area contributed by atoms with Gasteiger partial charge in [-0.25, -0.2) is 14.1 Å². The van der Waals surface area contributed by atoms with Crippen LogP contribution < -0.4 is 10.6 Å². The fourth-order valence-corrected chi connectivity index (χ4v) is 3.23. The van der Waals surface area contributed by atoms with Crippen LogP contribution in [0.15, 0.2) is 42.9 Å². The van der Waals surface area contributed by atoms with E-state index in [1.54, 1.807) is 29.1 Å². The van der Waals surface area contributed by atoms with Gasteiger partial charge in [-0.15, -0.1) is 0 Å². The summed E-state index contributed by atoms with van der Waals surface area (Å²) < 4.78 is 18.1. The topological polar surface area (TPSA) is 59.7 Å². The second-order valence-electron chi connectivity index (χ2n) is 6.41. The number of nitrogens with zero attached hydrogens (tertiary/aromatic N) is 4. The second kappa shape index (κ2) is 6.68. The molecule has 25 heavy (non-hydrogen) atoms. The van der Waals surface area contributed by atoms with Crippen LogP contribution in [-0.2, 0) is 13.1 Å². The third kappa shape index (κ3) is 3.28. The van der Waals surface area contributed by atoms with Crippen LogP contribution in [0.1, 0.15) is 11.4 Å². The molecule has 0 radical (unpaired) electrons. The predicted octanol–water partition coefficient (Wildman–Crippen LogP) is 2.35. The van der Waals surface area contributed by atoms with Crippen molar-refractivity contribution in [2.24, 2.45) is 5.92 Å². The first-order valence-electron chi connectivity index (χ1n) is 8.46. The Morgan fingerprint density at radius 3 is 3.04 bits per heavy atom. The molecule has 4 rings (SSSR count). The van der Waals surface area contributed by atoms with E-state index in [4.69, 9.17) is 0 Å². The number of aryl methyl sites for hydroxylation is 1. The lowest BCUT2D eigenvalue weighted by atomic mass is 10.1. The van der Waals surface area contributed by atoms with Crippen LogP contribution in [0, 0.1) is 18.7 Å². The van der Waals surface area contributed by atoms with Crippen LogP contribution in [0.4, 0.5) is 10.2 Å². The molecule has 3 aromatic rings. The third-order valence-electron chi connectivity index (χ3n) is 4.58. The van der Waals surface area contributed by atoms with Gasteiger partial charge >= 0.3 is 0 Å². The highest BCUT2D eigenvalue weighted by molar-refractivity contribution is 5.38. The molecule has 1 aliphatic rings. The molecule has 2 aromatic heterocycles. The van der Waals surface area contributed by atoms with Crippen molar-refractivity contribution in [3.63, 3.8) is 0 Å². The van der Waals surface area contributed by atoms with E-state index >= 15 is 0 Å². The maximum absolute atomic E-state index is 14.4. The molecule has 6 nitrogen and oxygen atoms in total. The van der Waals surface area contributed by atoms with Gasteiger partial charge in [0.2, 0.25) is 0 Å². The van der Waals surface area contributed by atoms with E-state index in [2.05, 4.69) is 20.7 Å². The minimum absolute atomic E-state index is 0.235. The average Bonchev–Trinajstić information content (AvgIpc) is 3.23. The van der Waals surface area contributed by atoms with Gasteiger partial charge in [0.15, 0.2) is 0 Å². The van der Waals surface area contributed by atoms with Gasteiger partial charge < -0.3 is 15.2 Å². The molecule has 1 unspecified atom stereocenters. The van der Waals surface area contributed by atoms with Crippen LogP contribution in [0.5, 0.6) is 0 Å². The number of hydrogen-bond donors (Lipinski definition) is 2. The lowest BCUT2D eigenvalue weighted by molar-refractivity contribution is 0.391. The van der Waals surface area contributed by atoms with E-state index < -0.39 is 0 Å². The number of hydrogen-bond acceptors (Lipinski definition) is 4. The number of anilines is 1. The summed E-state index contributed by atoms with van der Waals surface area (Å²) in [5.74, 6) is 2.07. The second-order valence-corrected chi connectivity index (χ2v) is 6.41. The number of aromatic nitrogens is 4. The predicted molar refractivity (Wildman–Crippen MR) is 94.2 cm³/mol. The van der Waals surface area contributed by atoms with E-state index in [0.29, 0.717) is 18.2 Å². The Morgan fingerprint density at radius 1 is 1.32 bits per heavy atom. The van der Waals surface area contributed by atoms with Crippen molar-refractivity contribution in [1.82, 2.24) is 24.6 Å². The summed E-state index contributed by atoms with van der Waals surface area (Å²) in [4.78, 5) is 4.14. The number of rotatable bonds is 5. The first-order valence-corrected chi connectivity index (χ1v) is 8.46. The summed E-state index contributed by atoms with van der Waals surface area (Å²) in [7, 11) is 0. The van der Waals surface area contributed by atoms with Crippen LogP contribution in [0.3, 0.4) is 0 Å². The lowest BCUT2D eigenvalue weighted by Crippen LogP contribution is -2.35. The molecule has 1 aliphatic heterocycles.